The zero-order valence-corrected chi connectivity index (χ0v) is 10.8. The van der Waals surface area contributed by atoms with E-state index in [0.717, 1.165) is 6.42 Å². The highest BCUT2D eigenvalue weighted by Gasteiger charge is 2.16. The van der Waals surface area contributed by atoms with Gasteiger partial charge in [-0.05, 0) is 30.2 Å². The van der Waals surface area contributed by atoms with E-state index in [-0.39, 0.29) is 0 Å². The maximum Gasteiger partial charge on any atom is 0.0457 e. The van der Waals surface area contributed by atoms with E-state index in [1.165, 1.54) is 22.0 Å². The molecular formula is C17H18N2. The smallest absolute Gasteiger partial charge is 0.0457 e. The van der Waals surface area contributed by atoms with Gasteiger partial charge >= 0.3 is 0 Å². The molecule has 3 aromatic rings. The molecule has 0 radical (unpaired) electrons. The topological polar surface area (TPSA) is 41.8 Å². The van der Waals surface area contributed by atoms with Gasteiger partial charge in [-0.2, -0.15) is 0 Å². The number of hydrogen-bond donors (Lipinski definition) is 2. The number of para-hydroxylation sites is 1. The molecule has 2 aromatic carbocycles. The highest BCUT2D eigenvalue weighted by Crippen LogP contribution is 2.32. The van der Waals surface area contributed by atoms with Crippen LogP contribution in [0.4, 0.5) is 0 Å². The van der Waals surface area contributed by atoms with Crippen molar-refractivity contribution in [3.63, 3.8) is 0 Å². The zero-order valence-electron chi connectivity index (χ0n) is 10.8. The van der Waals surface area contributed by atoms with Crippen LogP contribution in [0.25, 0.3) is 10.9 Å². The van der Waals surface area contributed by atoms with E-state index in [0.29, 0.717) is 12.5 Å². The van der Waals surface area contributed by atoms with Gasteiger partial charge < -0.3 is 10.7 Å². The molecule has 3 N–H and O–H groups in total. The number of H-pyrrole nitrogens is 1. The molecule has 1 unspecified atom stereocenters. The maximum atomic E-state index is 5.81. The minimum absolute atomic E-state index is 0.363. The van der Waals surface area contributed by atoms with Crippen molar-refractivity contribution in [3.05, 3.63) is 71.9 Å². The summed E-state index contributed by atoms with van der Waals surface area (Å²) in [5.41, 5.74) is 9.67. The second kappa shape index (κ2) is 5.29. The van der Waals surface area contributed by atoms with Crippen molar-refractivity contribution in [1.82, 2.24) is 4.98 Å². The van der Waals surface area contributed by atoms with Crippen LogP contribution in [0, 0.1) is 0 Å². The van der Waals surface area contributed by atoms with Gasteiger partial charge in [0.15, 0.2) is 0 Å². The largest absolute Gasteiger partial charge is 0.361 e. The lowest BCUT2D eigenvalue weighted by atomic mass is 9.88. The molecule has 0 saturated heterocycles. The monoisotopic (exact) mass is 250 g/mol. The Labute approximate surface area is 113 Å². The Morgan fingerprint density at radius 1 is 0.947 bits per heavy atom. The Bertz CT molecular complexity index is 655. The van der Waals surface area contributed by atoms with Crippen LogP contribution in [0.2, 0.25) is 0 Å². The van der Waals surface area contributed by atoms with Gasteiger partial charge in [-0.3, -0.25) is 0 Å². The van der Waals surface area contributed by atoms with Crippen molar-refractivity contribution >= 4 is 10.9 Å². The first-order chi connectivity index (χ1) is 9.40. The van der Waals surface area contributed by atoms with Crippen LogP contribution in [0.3, 0.4) is 0 Å². The molecule has 0 aliphatic carbocycles. The molecule has 1 aromatic heterocycles. The zero-order chi connectivity index (χ0) is 13.1. The summed E-state index contributed by atoms with van der Waals surface area (Å²) in [5, 5.41) is 1.30. The van der Waals surface area contributed by atoms with E-state index in [4.69, 9.17) is 5.73 Å². The predicted molar refractivity (Wildman–Crippen MR) is 80.3 cm³/mol. The molecule has 2 nitrogen and oxygen atoms in total. The number of rotatable bonds is 4. The van der Waals surface area contributed by atoms with E-state index in [1.807, 2.05) is 0 Å². The lowest BCUT2D eigenvalue weighted by Gasteiger charge is -2.16. The highest BCUT2D eigenvalue weighted by atomic mass is 14.7. The first-order valence-corrected chi connectivity index (χ1v) is 6.71. The number of nitrogens with one attached hydrogen (secondary N) is 1. The molecule has 1 heterocycles. The highest BCUT2D eigenvalue weighted by molar-refractivity contribution is 5.84. The summed E-state index contributed by atoms with van der Waals surface area (Å²) in [4.78, 5) is 3.36. The molecule has 0 aliphatic rings. The first kappa shape index (κ1) is 12.0. The number of aromatic amines is 1. The lowest BCUT2D eigenvalue weighted by molar-refractivity contribution is 0.731. The van der Waals surface area contributed by atoms with Gasteiger partial charge in [0.2, 0.25) is 0 Å². The number of hydrogen-bond acceptors (Lipinski definition) is 1. The Kier molecular flexibility index (Phi) is 3.34. The molecule has 0 saturated carbocycles. The summed E-state index contributed by atoms with van der Waals surface area (Å²) in [6.07, 6.45) is 3.09. The average Bonchev–Trinajstić information content (AvgIpc) is 2.89. The van der Waals surface area contributed by atoms with Crippen LogP contribution < -0.4 is 5.73 Å². The second-order valence-electron chi connectivity index (χ2n) is 4.83. The number of nitrogens with two attached hydrogens (primary N) is 1. The molecule has 96 valence electrons. The van der Waals surface area contributed by atoms with Crippen molar-refractivity contribution in [3.8, 4) is 0 Å². The number of fused-ring (bicyclic) bond motifs is 1. The van der Waals surface area contributed by atoms with Crippen molar-refractivity contribution < 1.29 is 0 Å². The fourth-order valence-corrected chi connectivity index (χ4v) is 2.74. The Balaban J connectivity index is 2.10. The van der Waals surface area contributed by atoms with Crippen LogP contribution in [0.1, 0.15) is 23.5 Å². The molecule has 3 rings (SSSR count). The van der Waals surface area contributed by atoms with Crippen LogP contribution >= 0.6 is 0 Å². The fraction of sp³-hybridized carbons (Fsp3) is 0.176. The van der Waals surface area contributed by atoms with E-state index in [9.17, 15) is 0 Å². The summed E-state index contributed by atoms with van der Waals surface area (Å²) in [5.74, 6) is 0.363. The summed E-state index contributed by atoms with van der Waals surface area (Å²) in [6.45, 7) is 0.694. The third-order valence-electron chi connectivity index (χ3n) is 3.65. The van der Waals surface area contributed by atoms with Crippen molar-refractivity contribution in [2.75, 3.05) is 6.54 Å². The Hall–Kier alpha value is -2.06. The van der Waals surface area contributed by atoms with Crippen LogP contribution in [0.5, 0.6) is 0 Å². The van der Waals surface area contributed by atoms with Gasteiger partial charge in [-0.15, -0.1) is 0 Å². The fourth-order valence-electron chi connectivity index (χ4n) is 2.74. The summed E-state index contributed by atoms with van der Waals surface area (Å²) < 4.78 is 0. The van der Waals surface area contributed by atoms with E-state index >= 15 is 0 Å². The predicted octanol–water partition coefficient (Wildman–Crippen LogP) is 3.65. The molecule has 2 heteroatoms. The van der Waals surface area contributed by atoms with Crippen molar-refractivity contribution in [2.24, 2.45) is 5.73 Å². The molecule has 1 atom stereocenters. The molecule has 0 spiro atoms. The Morgan fingerprint density at radius 2 is 1.68 bits per heavy atom. The normalized spacial score (nSPS) is 12.7. The minimum Gasteiger partial charge on any atom is -0.361 e. The van der Waals surface area contributed by atoms with E-state index in [2.05, 4.69) is 65.8 Å². The van der Waals surface area contributed by atoms with Crippen molar-refractivity contribution in [1.29, 1.82) is 0 Å². The molecule has 0 bridgehead atoms. The second-order valence-corrected chi connectivity index (χ2v) is 4.83. The van der Waals surface area contributed by atoms with Crippen LogP contribution in [0.15, 0.2) is 60.8 Å². The number of benzene rings is 2. The van der Waals surface area contributed by atoms with Crippen LogP contribution in [-0.4, -0.2) is 11.5 Å². The standard InChI is InChI=1S/C17H18N2/c18-11-10-14(13-6-2-1-3-7-13)16-12-19-17-9-5-4-8-15(16)17/h1-9,12,14,19H,10-11,18H2. The molecule has 0 aliphatic heterocycles. The van der Waals surface area contributed by atoms with Gasteiger partial charge in [0.1, 0.15) is 0 Å². The SMILES string of the molecule is NCCC(c1ccccc1)c1c[nH]c2ccccc12. The third kappa shape index (κ3) is 2.27. The number of aromatic nitrogens is 1. The van der Waals surface area contributed by atoms with Gasteiger partial charge in [-0.1, -0.05) is 48.5 Å². The maximum absolute atomic E-state index is 5.81. The molecule has 0 fully saturated rings. The Morgan fingerprint density at radius 3 is 2.47 bits per heavy atom. The molecule has 0 amide bonds. The molecule has 19 heavy (non-hydrogen) atoms. The van der Waals surface area contributed by atoms with Crippen molar-refractivity contribution in [2.45, 2.75) is 12.3 Å². The van der Waals surface area contributed by atoms with Crippen LogP contribution in [-0.2, 0) is 0 Å². The van der Waals surface area contributed by atoms with E-state index < -0.39 is 0 Å². The van der Waals surface area contributed by atoms with Gasteiger partial charge in [0.05, 0.1) is 0 Å². The average molecular weight is 250 g/mol. The lowest BCUT2D eigenvalue weighted by Crippen LogP contribution is -2.08. The van der Waals surface area contributed by atoms with Gasteiger partial charge in [0, 0.05) is 23.0 Å². The third-order valence-corrected chi connectivity index (χ3v) is 3.65. The molecular weight excluding hydrogens is 232 g/mol. The quantitative estimate of drug-likeness (QED) is 0.729. The summed E-state index contributed by atoms with van der Waals surface area (Å²) >= 11 is 0. The summed E-state index contributed by atoms with van der Waals surface area (Å²) in [7, 11) is 0. The van der Waals surface area contributed by atoms with E-state index in [1.54, 1.807) is 0 Å². The minimum atomic E-state index is 0.363. The van der Waals surface area contributed by atoms with Gasteiger partial charge in [0.25, 0.3) is 0 Å². The van der Waals surface area contributed by atoms with Gasteiger partial charge in [-0.25, -0.2) is 0 Å². The summed E-state index contributed by atoms with van der Waals surface area (Å²) in [6, 6.07) is 19.0. The first-order valence-electron chi connectivity index (χ1n) is 6.71.